The molecule has 7 nitrogen and oxygen atoms in total. The zero-order valence-electron chi connectivity index (χ0n) is 15.8. The van der Waals surface area contributed by atoms with E-state index in [1.54, 1.807) is 5.32 Å². The highest BCUT2D eigenvalue weighted by atomic mass is 19.4. The number of rotatable bonds is 3. The van der Waals surface area contributed by atoms with Gasteiger partial charge >= 0.3 is 12.1 Å². The molecule has 0 fully saturated rings. The van der Waals surface area contributed by atoms with E-state index in [1.807, 2.05) is 0 Å². The van der Waals surface area contributed by atoms with Gasteiger partial charge in [-0.05, 0) is 23.8 Å². The van der Waals surface area contributed by atoms with Crippen LogP contribution in [-0.4, -0.2) is 40.7 Å². The topological polar surface area (TPSA) is 98.2 Å². The van der Waals surface area contributed by atoms with Crippen LogP contribution in [0.15, 0.2) is 48.7 Å². The summed E-state index contributed by atoms with van der Waals surface area (Å²) >= 11 is 0. The Morgan fingerprint density at radius 1 is 0.935 bits per heavy atom. The second kappa shape index (κ2) is 7.31. The Bertz CT molecular complexity index is 1250. The third-order valence-electron chi connectivity index (χ3n) is 4.65. The molecule has 0 radical (unpaired) electrons. The molecular formula is C21H12F3N3O4. The van der Waals surface area contributed by atoms with E-state index in [1.165, 1.54) is 55.8 Å². The highest BCUT2D eigenvalue weighted by Gasteiger charge is 2.39. The number of nitrogens with one attached hydrogen (secondary N) is 1. The first kappa shape index (κ1) is 20.2. The van der Waals surface area contributed by atoms with Crippen LogP contribution in [0, 0.1) is 0 Å². The SMILES string of the molecule is COc1ccc2c(n1)C(=O)c1nccc(-c3ccccc3NC(=O)C(F)(F)F)c1C2=O. The monoisotopic (exact) mass is 427 g/mol. The summed E-state index contributed by atoms with van der Waals surface area (Å²) in [6, 6.07) is 9.86. The van der Waals surface area contributed by atoms with Gasteiger partial charge in [0, 0.05) is 23.5 Å². The van der Waals surface area contributed by atoms with Gasteiger partial charge < -0.3 is 10.1 Å². The molecule has 4 rings (SSSR count). The Morgan fingerprint density at radius 3 is 2.39 bits per heavy atom. The van der Waals surface area contributed by atoms with Gasteiger partial charge in [-0.15, -0.1) is 0 Å². The molecule has 0 aliphatic heterocycles. The fourth-order valence-corrected chi connectivity index (χ4v) is 3.27. The van der Waals surface area contributed by atoms with Crippen LogP contribution < -0.4 is 10.1 Å². The maximum atomic E-state index is 13.2. The lowest BCUT2D eigenvalue weighted by molar-refractivity contribution is -0.167. The van der Waals surface area contributed by atoms with Crippen LogP contribution in [0.3, 0.4) is 0 Å². The zero-order valence-corrected chi connectivity index (χ0v) is 15.8. The van der Waals surface area contributed by atoms with Crippen molar-refractivity contribution < 1.29 is 32.3 Å². The van der Waals surface area contributed by atoms with E-state index in [9.17, 15) is 27.6 Å². The van der Waals surface area contributed by atoms with Crippen LogP contribution >= 0.6 is 0 Å². The summed E-state index contributed by atoms with van der Waals surface area (Å²) in [6.45, 7) is 0. The number of methoxy groups -OCH3 is 1. The molecule has 0 bridgehead atoms. The number of fused-ring (bicyclic) bond motifs is 2. The van der Waals surface area contributed by atoms with Crippen LogP contribution in [-0.2, 0) is 4.79 Å². The Labute approximate surface area is 172 Å². The number of halogens is 3. The molecule has 1 amide bonds. The predicted octanol–water partition coefficient (Wildman–Crippen LogP) is 3.43. The van der Waals surface area contributed by atoms with E-state index >= 15 is 0 Å². The van der Waals surface area contributed by atoms with Gasteiger partial charge in [0.1, 0.15) is 11.4 Å². The summed E-state index contributed by atoms with van der Waals surface area (Å²) in [6.07, 6.45) is -3.84. The molecule has 0 unspecified atom stereocenters. The second-order valence-corrected chi connectivity index (χ2v) is 6.49. The summed E-state index contributed by atoms with van der Waals surface area (Å²) in [4.78, 5) is 45.6. The molecular weight excluding hydrogens is 415 g/mol. The van der Waals surface area contributed by atoms with Crippen molar-refractivity contribution in [3.05, 3.63) is 71.2 Å². The Hall–Kier alpha value is -4.08. The standard InChI is InChI=1S/C21H12F3N3O4/c1-31-14-7-6-12-16(27-14)19(29)17-15(18(12)28)11(8-9-25-17)10-4-2-3-5-13(10)26-20(30)21(22,23)24/h2-9H,1H3,(H,26,30). The number of pyridine rings is 2. The zero-order chi connectivity index (χ0) is 22.3. The summed E-state index contributed by atoms with van der Waals surface area (Å²) in [5.74, 6) is -3.21. The number of benzene rings is 1. The Kier molecular flexibility index (Phi) is 4.77. The van der Waals surface area contributed by atoms with Gasteiger partial charge in [0.25, 0.3) is 0 Å². The fraction of sp³-hybridized carbons (Fsp3) is 0.0952. The minimum absolute atomic E-state index is 0.0179. The maximum Gasteiger partial charge on any atom is 0.471 e. The molecule has 1 N–H and O–H groups in total. The van der Waals surface area contributed by atoms with Crippen LogP contribution in [0.1, 0.15) is 32.1 Å². The first-order valence-corrected chi connectivity index (χ1v) is 8.83. The lowest BCUT2D eigenvalue weighted by atomic mass is 9.85. The van der Waals surface area contributed by atoms with Crippen molar-refractivity contribution in [1.29, 1.82) is 0 Å². The number of anilines is 1. The Balaban J connectivity index is 1.87. The van der Waals surface area contributed by atoms with Crippen molar-refractivity contribution in [2.45, 2.75) is 6.18 Å². The van der Waals surface area contributed by atoms with Crippen LogP contribution in [0.4, 0.5) is 18.9 Å². The van der Waals surface area contributed by atoms with E-state index in [4.69, 9.17) is 4.74 Å². The number of amides is 1. The molecule has 156 valence electrons. The van der Waals surface area contributed by atoms with Crippen molar-refractivity contribution in [1.82, 2.24) is 9.97 Å². The molecule has 2 aromatic heterocycles. The van der Waals surface area contributed by atoms with Gasteiger partial charge in [-0.1, -0.05) is 18.2 Å². The van der Waals surface area contributed by atoms with Gasteiger partial charge in [0.2, 0.25) is 11.7 Å². The highest BCUT2D eigenvalue weighted by Crippen LogP contribution is 2.37. The lowest BCUT2D eigenvalue weighted by Gasteiger charge is -2.20. The number of hydrogen-bond acceptors (Lipinski definition) is 6. The van der Waals surface area contributed by atoms with Gasteiger partial charge in [-0.2, -0.15) is 13.2 Å². The molecule has 0 spiro atoms. The average molecular weight is 427 g/mol. The molecule has 0 saturated heterocycles. The lowest BCUT2D eigenvalue weighted by Crippen LogP contribution is -2.30. The number of ether oxygens (including phenoxy) is 1. The van der Waals surface area contributed by atoms with Crippen molar-refractivity contribution in [2.75, 3.05) is 12.4 Å². The van der Waals surface area contributed by atoms with Gasteiger partial charge in [0.05, 0.1) is 18.2 Å². The van der Waals surface area contributed by atoms with Crippen LogP contribution in [0.5, 0.6) is 5.88 Å². The van der Waals surface area contributed by atoms with Crippen molar-refractivity contribution in [2.24, 2.45) is 0 Å². The number of nitrogens with zero attached hydrogens (tertiary/aromatic N) is 2. The van der Waals surface area contributed by atoms with Gasteiger partial charge in [-0.3, -0.25) is 19.4 Å². The third kappa shape index (κ3) is 3.41. The quantitative estimate of drug-likeness (QED) is 0.538. The summed E-state index contributed by atoms with van der Waals surface area (Å²) < 4.78 is 43.2. The molecule has 3 aromatic rings. The number of para-hydroxylation sites is 1. The fourth-order valence-electron chi connectivity index (χ4n) is 3.27. The summed E-state index contributed by atoms with van der Waals surface area (Å²) in [5, 5.41) is 1.81. The second-order valence-electron chi connectivity index (χ2n) is 6.49. The number of aromatic nitrogens is 2. The minimum Gasteiger partial charge on any atom is -0.481 e. The predicted molar refractivity (Wildman–Crippen MR) is 102 cm³/mol. The largest absolute Gasteiger partial charge is 0.481 e. The number of alkyl halides is 3. The number of hydrogen-bond donors (Lipinski definition) is 1. The first-order chi connectivity index (χ1) is 14.7. The smallest absolute Gasteiger partial charge is 0.471 e. The third-order valence-corrected chi connectivity index (χ3v) is 4.65. The molecule has 0 atom stereocenters. The molecule has 1 aromatic carbocycles. The van der Waals surface area contributed by atoms with E-state index in [0.29, 0.717) is 0 Å². The van der Waals surface area contributed by atoms with E-state index < -0.39 is 23.6 Å². The molecule has 1 aliphatic carbocycles. The summed E-state index contributed by atoms with van der Waals surface area (Å²) in [7, 11) is 1.36. The van der Waals surface area contributed by atoms with Crippen molar-refractivity contribution >= 4 is 23.2 Å². The average Bonchev–Trinajstić information content (AvgIpc) is 2.76. The molecule has 10 heteroatoms. The van der Waals surface area contributed by atoms with E-state index in [2.05, 4.69) is 9.97 Å². The maximum absolute atomic E-state index is 13.2. The Morgan fingerprint density at radius 2 is 1.68 bits per heavy atom. The van der Waals surface area contributed by atoms with E-state index in [-0.39, 0.29) is 45.2 Å². The number of ketones is 2. The number of carbonyl (C=O) groups excluding carboxylic acids is 3. The molecule has 31 heavy (non-hydrogen) atoms. The molecule has 2 heterocycles. The highest BCUT2D eigenvalue weighted by molar-refractivity contribution is 6.29. The molecule has 0 saturated carbocycles. The van der Waals surface area contributed by atoms with E-state index in [0.717, 1.165) is 0 Å². The van der Waals surface area contributed by atoms with Crippen molar-refractivity contribution in [3.63, 3.8) is 0 Å². The first-order valence-electron chi connectivity index (χ1n) is 8.83. The number of carbonyl (C=O) groups is 3. The molecule has 1 aliphatic rings. The summed E-state index contributed by atoms with van der Waals surface area (Å²) in [5.41, 5.74) is -0.261. The van der Waals surface area contributed by atoms with Crippen LogP contribution in [0.2, 0.25) is 0 Å². The van der Waals surface area contributed by atoms with Gasteiger partial charge in [-0.25, -0.2) is 4.98 Å². The normalized spacial score (nSPS) is 12.8. The van der Waals surface area contributed by atoms with Crippen LogP contribution in [0.25, 0.3) is 11.1 Å². The van der Waals surface area contributed by atoms with Gasteiger partial charge in [0.15, 0.2) is 5.78 Å². The van der Waals surface area contributed by atoms with Crippen molar-refractivity contribution in [3.8, 4) is 17.0 Å². The minimum atomic E-state index is -5.10.